The molecule has 0 unspecified atom stereocenters. The molecule has 25 heavy (non-hydrogen) atoms. The highest BCUT2D eigenvalue weighted by atomic mass is 35.5. The van der Waals surface area contributed by atoms with Crippen molar-refractivity contribution in [2.45, 2.75) is 40.0 Å². The molecule has 2 rings (SSSR count). The van der Waals surface area contributed by atoms with Gasteiger partial charge in [0.1, 0.15) is 12.4 Å². The van der Waals surface area contributed by atoms with Gasteiger partial charge in [0.25, 0.3) is 0 Å². The highest BCUT2D eigenvalue weighted by Crippen LogP contribution is 2.37. The summed E-state index contributed by atoms with van der Waals surface area (Å²) in [6.07, 6.45) is 0. The molecule has 0 fully saturated rings. The van der Waals surface area contributed by atoms with Crippen LogP contribution in [0.3, 0.4) is 0 Å². The third-order valence-corrected chi connectivity index (χ3v) is 4.14. The van der Waals surface area contributed by atoms with Crippen LogP contribution in [0.4, 0.5) is 4.39 Å². The predicted octanol–water partition coefficient (Wildman–Crippen LogP) is 5.61. The second-order valence-electron chi connectivity index (χ2n) is 5.86. The molecule has 0 radical (unpaired) electrons. The van der Waals surface area contributed by atoms with E-state index in [0.717, 1.165) is 5.56 Å². The molecule has 0 saturated carbocycles. The Hall–Kier alpha value is -1.49. The minimum Gasteiger partial charge on any atom is -0.490 e. The summed E-state index contributed by atoms with van der Waals surface area (Å²) >= 11 is 12.4. The number of halogens is 3. The average Bonchev–Trinajstić information content (AvgIpc) is 2.54. The van der Waals surface area contributed by atoms with Gasteiger partial charge in [0, 0.05) is 18.2 Å². The molecule has 136 valence electrons. The highest BCUT2D eigenvalue weighted by Gasteiger charge is 2.15. The fraction of sp³-hybridized carbons (Fsp3) is 0.368. The van der Waals surface area contributed by atoms with Crippen LogP contribution in [0.1, 0.15) is 31.9 Å². The minimum atomic E-state index is -0.417. The Morgan fingerprint density at radius 3 is 2.52 bits per heavy atom. The number of hydrogen-bond acceptors (Lipinski definition) is 3. The monoisotopic (exact) mass is 385 g/mol. The van der Waals surface area contributed by atoms with Crippen LogP contribution in [0.15, 0.2) is 30.3 Å². The SMILES string of the molecule is CCOc1cc(CNC(C)C)cc(Cl)c1OCc1c(F)cccc1Cl. The summed E-state index contributed by atoms with van der Waals surface area (Å²) in [6.45, 7) is 7.12. The van der Waals surface area contributed by atoms with Gasteiger partial charge in [-0.1, -0.05) is 43.1 Å². The molecule has 0 spiro atoms. The summed E-state index contributed by atoms with van der Waals surface area (Å²) < 4.78 is 25.3. The van der Waals surface area contributed by atoms with Crippen molar-refractivity contribution in [2.24, 2.45) is 0 Å². The summed E-state index contributed by atoms with van der Waals surface area (Å²) in [4.78, 5) is 0. The third-order valence-electron chi connectivity index (χ3n) is 3.51. The van der Waals surface area contributed by atoms with Gasteiger partial charge < -0.3 is 14.8 Å². The van der Waals surface area contributed by atoms with E-state index in [-0.39, 0.29) is 12.2 Å². The quantitative estimate of drug-likeness (QED) is 0.640. The van der Waals surface area contributed by atoms with Crippen LogP contribution >= 0.6 is 23.2 Å². The van der Waals surface area contributed by atoms with Gasteiger partial charge >= 0.3 is 0 Å². The maximum absolute atomic E-state index is 13.9. The lowest BCUT2D eigenvalue weighted by molar-refractivity contribution is 0.266. The molecular formula is C19H22Cl2FNO2. The molecule has 6 heteroatoms. The largest absolute Gasteiger partial charge is 0.490 e. The van der Waals surface area contributed by atoms with Crippen LogP contribution in [0, 0.1) is 5.82 Å². The van der Waals surface area contributed by atoms with Crippen LogP contribution in [-0.4, -0.2) is 12.6 Å². The number of nitrogens with one attached hydrogen (secondary N) is 1. The number of ether oxygens (including phenoxy) is 2. The normalized spacial score (nSPS) is 11.0. The highest BCUT2D eigenvalue weighted by molar-refractivity contribution is 6.32. The first-order chi connectivity index (χ1) is 11.9. The molecule has 0 bridgehead atoms. The van der Waals surface area contributed by atoms with Crippen LogP contribution in [0.25, 0.3) is 0 Å². The van der Waals surface area contributed by atoms with Gasteiger partial charge in [-0.05, 0) is 36.8 Å². The summed E-state index contributed by atoms with van der Waals surface area (Å²) in [6, 6.07) is 8.57. The van der Waals surface area contributed by atoms with E-state index in [1.165, 1.54) is 6.07 Å². The van der Waals surface area contributed by atoms with Gasteiger partial charge in [0.15, 0.2) is 11.5 Å². The van der Waals surface area contributed by atoms with Gasteiger partial charge in [-0.15, -0.1) is 0 Å². The molecule has 0 heterocycles. The van der Waals surface area contributed by atoms with Crippen LogP contribution in [0.2, 0.25) is 10.0 Å². The maximum Gasteiger partial charge on any atom is 0.180 e. The fourth-order valence-corrected chi connectivity index (χ4v) is 2.77. The van der Waals surface area contributed by atoms with Gasteiger partial charge in [-0.3, -0.25) is 0 Å². The van der Waals surface area contributed by atoms with Gasteiger partial charge in [-0.2, -0.15) is 0 Å². The molecule has 1 N–H and O–H groups in total. The molecule has 0 aliphatic rings. The molecule has 2 aromatic carbocycles. The zero-order chi connectivity index (χ0) is 18.4. The second-order valence-corrected chi connectivity index (χ2v) is 6.68. The molecular weight excluding hydrogens is 364 g/mol. The molecule has 0 aromatic heterocycles. The summed E-state index contributed by atoms with van der Waals surface area (Å²) in [5, 5.41) is 4.06. The van der Waals surface area contributed by atoms with E-state index < -0.39 is 5.82 Å². The van der Waals surface area contributed by atoms with Crippen molar-refractivity contribution in [1.82, 2.24) is 5.32 Å². The zero-order valence-corrected chi connectivity index (χ0v) is 16.0. The van der Waals surface area contributed by atoms with Gasteiger partial charge in [0.05, 0.1) is 16.7 Å². The Kier molecular flexibility index (Phi) is 7.36. The molecule has 0 atom stereocenters. The Morgan fingerprint density at radius 2 is 1.88 bits per heavy atom. The Labute approximate surface area is 158 Å². The molecule has 0 amide bonds. The fourth-order valence-electron chi connectivity index (χ4n) is 2.26. The summed E-state index contributed by atoms with van der Waals surface area (Å²) in [5.41, 5.74) is 1.27. The molecule has 0 saturated heterocycles. The average molecular weight is 386 g/mol. The van der Waals surface area contributed by atoms with Gasteiger partial charge in [0.2, 0.25) is 0 Å². The van der Waals surface area contributed by atoms with Crippen LogP contribution < -0.4 is 14.8 Å². The Bertz CT molecular complexity index is 703. The van der Waals surface area contributed by atoms with Crippen molar-refractivity contribution in [2.75, 3.05) is 6.61 Å². The molecule has 0 aliphatic heterocycles. The van der Waals surface area contributed by atoms with Crippen molar-refractivity contribution in [3.8, 4) is 11.5 Å². The first-order valence-electron chi connectivity index (χ1n) is 8.16. The van der Waals surface area contributed by atoms with Crippen molar-refractivity contribution >= 4 is 23.2 Å². The van der Waals surface area contributed by atoms with E-state index >= 15 is 0 Å². The number of hydrogen-bond donors (Lipinski definition) is 1. The number of benzene rings is 2. The lowest BCUT2D eigenvalue weighted by Crippen LogP contribution is -2.21. The third kappa shape index (κ3) is 5.50. The van der Waals surface area contributed by atoms with Crippen molar-refractivity contribution in [3.63, 3.8) is 0 Å². The maximum atomic E-state index is 13.9. The van der Waals surface area contributed by atoms with Crippen molar-refractivity contribution in [3.05, 3.63) is 57.3 Å². The van der Waals surface area contributed by atoms with E-state index in [0.29, 0.717) is 40.7 Å². The van der Waals surface area contributed by atoms with Crippen LogP contribution in [-0.2, 0) is 13.2 Å². The van der Waals surface area contributed by atoms with Crippen molar-refractivity contribution < 1.29 is 13.9 Å². The molecule has 3 nitrogen and oxygen atoms in total. The predicted molar refractivity (Wildman–Crippen MR) is 100 cm³/mol. The smallest absolute Gasteiger partial charge is 0.180 e. The van der Waals surface area contributed by atoms with Crippen molar-refractivity contribution in [1.29, 1.82) is 0 Å². The Morgan fingerprint density at radius 1 is 1.12 bits per heavy atom. The van der Waals surface area contributed by atoms with E-state index in [9.17, 15) is 4.39 Å². The Balaban J connectivity index is 2.24. The summed E-state index contributed by atoms with van der Waals surface area (Å²) in [5.74, 6) is 0.499. The standard InChI is InChI=1S/C19H22Cl2FNO2/c1-4-24-18-9-13(10-23-12(2)3)8-16(21)19(18)25-11-14-15(20)6-5-7-17(14)22/h5-9,12,23H,4,10-11H2,1-3H3. The lowest BCUT2D eigenvalue weighted by Gasteiger charge is -2.17. The number of rotatable bonds is 8. The van der Waals surface area contributed by atoms with E-state index in [1.807, 2.05) is 19.1 Å². The topological polar surface area (TPSA) is 30.5 Å². The summed E-state index contributed by atoms with van der Waals surface area (Å²) in [7, 11) is 0. The van der Waals surface area contributed by atoms with E-state index in [1.54, 1.807) is 12.1 Å². The minimum absolute atomic E-state index is 0.0328. The first-order valence-corrected chi connectivity index (χ1v) is 8.92. The van der Waals surface area contributed by atoms with E-state index in [2.05, 4.69) is 19.2 Å². The van der Waals surface area contributed by atoms with E-state index in [4.69, 9.17) is 32.7 Å². The van der Waals surface area contributed by atoms with Crippen LogP contribution in [0.5, 0.6) is 11.5 Å². The molecule has 2 aromatic rings. The second kappa shape index (κ2) is 9.27. The van der Waals surface area contributed by atoms with Gasteiger partial charge in [-0.25, -0.2) is 4.39 Å². The molecule has 0 aliphatic carbocycles. The zero-order valence-electron chi connectivity index (χ0n) is 14.5. The first kappa shape index (κ1) is 19.8. The lowest BCUT2D eigenvalue weighted by atomic mass is 10.2.